The Labute approximate surface area is 115 Å². The van der Waals surface area contributed by atoms with Gasteiger partial charge in [-0.1, -0.05) is 20.8 Å². The van der Waals surface area contributed by atoms with E-state index in [4.69, 9.17) is 0 Å². The molecule has 0 unspecified atom stereocenters. The second-order valence-electron chi connectivity index (χ2n) is 7.20. The van der Waals surface area contributed by atoms with E-state index in [1.807, 2.05) is 0 Å². The fraction of sp³-hybridized carbons (Fsp3) is 0.867. The third-order valence-corrected chi connectivity index (χ3v) is 5.94. The average molecular weight is 266 g/mol. The maximum Gasteiger partial charge on any atom is 0.231 e. The molecule has 0 radical (unpaired) electrons. The lowest BCUT2D eigenvalue weighted by Crippen LogP contribution is -2.47. The van der Waals surface area contributed by atoms with Gasteiger partial charge in [0.05, 0.1) is 0 Å². The minimum absolute atomic E-state index is 0.0370. The second kappa shape index (κ2) is 4.50. The van der Waals surface area contributed by atoms with E-state index in [1.54, 1.807) is 14.1 Å². The Kier molecular flexibility index (Phi) is 3.40. The summed E-state index contributed by atoms with van der Waals surface area (Å²) in [6.45, 7) is 6.93. The molecule has 2 aliphatic carbocycles. The number of nitrogens with zero attached hydrogens (tertiary/aromatic N) is 1. The summed E-state index contributed by atoms with van der Waals surface area (Å²) in [5, 5.41) is 3.11. The number of carbonyl (C=O) groups is 2. The van der Waals surface area contributed by atoms with Gasteiger partial charge >= 0.3 is 0 Å². The lowest BCUT2D eigenvalue weighted by atomic mass is 9.69. The summed E-state index contributed by atoms with van der Waals surface area (Å²) >= 11 is 0. The first-order valence-electron chi connectivity index (χ1n) is 7.18. The lowest BCUT2D eigenvalue weighted by Gasteiger charge is -2.39. The van der Waals surface area contributed by atoms with Gasteiger partial charge in [0.1, 0.15) is 6.42 Å². The highest BCUT2D eigenvalue weighted by Gasteiger charge is 2.61. The minimum Gasteiger partial charge on any atom is -0.352 e. The summed E-state index contributed by atoms with van der Waals surface area (Å²) in [4.78, 5) is 25.0. The van der Waals surface area contributed by atoms with E-state index in [0.29, 0.717) is 5.92 Å². The molecule has 3 atom stereocenters. The van der Waals surface area contributed by atoms with Crippen molar-refractivity contribution in [3.05, 3.63) is 0 Å². The summed E-state index contributed by atoms with van der Waals surface area (Å²) in [6.07, 6.45) is 3.47. The van der Waals surface area contributed by atoms with Gasteiger partial charge in [-0.2, -0.15) is 0 Å². The van der Waals surface area contributed by atoms with Crippen LogP contribution in [0, 0.1) is 16.7 Å². The van der Waals surface area contributed by atoms with E-state index in [0.717, 1.165) is 6.42 Å². The molecule has 0 aromatic heterocycles. The van der Waals surface area contributed by atoms with Crippen LogP contribution in [-0.2, 0) is 9.59 Å². The second-order valence-corrected chi connectivity index (χ2v) is 7.20. The fourth-order valence-corrected chi connectivity index (χ4v) is 3.96. The zero-order valence-corrected chi connectivity index (χ0v) is 12.7. The number of carbonyl (C=O) groups excluding carboxylic acids is 2. The molecular weight excluding hydrogens is 240 g/mol. The van der Waals surface area contributed by atoms with Crippen LogP contribution in [0.4, 0.5) is 0 Å². The minimum atomic E-state index is -0.134. The Morgan fingerprint density at radius 1 is 1.26 bits per heavy atom. The van der Waals surface area contributed by atoms with Gasteiger partial charge in [0.25, 0.3) is 0 Å². The van der Waals surface area contributed by atoms with Crippen molar-refractivity contribution in [3.8, 4) is 0 Å². The van der Waals surface area contributed by atoms with Crippen molar-refractivity contribution in [3.63, 3.8) is 0 Å². The van der Waals surface area contributed by atoms with E-state index in [9.17, 15) is 9.59 Å². The van der Waals surface area contributed by atoms with Gasteiger partial charge in [0.2, 0.25) is 11.8 Å². The van der Waals surface area contributed by atoms with Crippen LogP contribution in [0.3, 0.4) is 0 Å². The standard InChI is InChI=1S/C15H26N2O2/c1-14(2)10-6-7-15(14,3)11(8-10)16-12(18)9-13(19)17(4)5/h10-11H,6-9H2,1-5H3,(H,16,18)/t10-,11+,15-/m1/s1. The van der Waals surface area contributed by atoms with Crippen LogP contribution in [0.15, 0.2) is 0 Å². The molecule has 0 aromatic carbocycles. The summed E-state index contributed by atoms with van der Waals surface area (Å²) in [5.41, 5.74) is 0.463. The van der Waals surface area contributed by atoms with E-state index < -0.39 is 0 Å². The maximum atomic E-state index is 12.0. The van der Waals surface area contributed by atoms with Crippen molar-refractivity contribution in [1.29, 1.82) is 0 Å². The highest BCUT2D eigenvalue weighted by molar-refractivity contribution is 5.96. The van der Waals surface area contributed by atoms with Gasteiger partial charge in [-0.3, -0.25) is 9.59 Å². The van der Waals surface area contributed by atoms with Gasteiger partial charge in [0.15, 0.2) is 0 Å². The third-order valence-electron chi connectivity index (χ3n) is 5.94. The number of fused-ring (bicyclic) bond motifs is 2. The number of nitrogens with one attached hydrogen (secondary N) is 1. The molecule has 108 valence electrons. The van der Waals surface area contributed by atoms with Gasteiger partial charge in [-0.05, 0) is 36.0 Å². The Hall–Kier alpha value is -1.06. The van der Waals surface area contributed by atoms with Crippen molar-refractivity contribution in [2.45, 2.75) is 52.5 Å². The first kappa shape index (κ1) is 14.4. The number of amides is 2. The van der Waals surface area contributed by atoms with E-state index >= 15 is 0 Å². The molecule has 19 heavy (non-hydrogen) atoms. The predicted octanol–water partition coefficient (Wildman–Crippen LogP) is 1.80. The Morgan fingerprint density at radius 2 is 1.89 bits per heavy atom. The molecule has 2 rings (SSSR count). The van der Waals surface area contributed by atoms with Crippen LogP contribution in [-0.4, -0.2) is 36.9 Å². The van der Waals surface area contributed by atoms with Crippen molar-refractivity contribution >= 4 is 11.8 Å². The molecule has 2 amide bonds. The van der Waals surface area contributed by atoms with Crippen LogP contribution in [0.1, 0.15) is 46.5 Å². The van der Waals surface area contributed by atoms with Gasteiger partial charge in [-0.15, -0.1) is 0 Å². The largest absolute Gasteiger partial charge is 0.352 e. The Balaban J connectivity index is 1.99. The highest BCUT2D eigenvalue weighted by atomic mass is 16.2. The molecule has 0 saturated heterocycles. The van der Waals surface area contributed by atoms with Gasteiger partial charge in [-0.25, -0.2) is 0 Å². The topological polar surface area (TPSA) is 49.4 Å². The first-order chi connectivity index (χ1) is 8.68. The van der Waals surface area contributed by atoms with E-state index in [2.05, 4.69) is 26.1 Å². The molecule has 1 N–H and O–H groups in total. The molecule has 0 aromatic rings. The summed E-state index contributed by atoms with van der Waals surface area (Å²) in [7, 11) is 3.36. The Bertz CT molecular complexity index is 403. The van der Waals surface area contributed by atoms with Crippen LogP contribution >= 0.6 is 0 Å². The van der Waals surface area contributed by atoms with Crippen LogP contribution in [0.2, 0.25) is 0 Å². The molecule has 2 saturated carbocycles. The van der Waals surface area contributed by atoms with Crippen molar-refractivity contribution in [2.75, 3.05) is 14.1 Å². The van der Waals surface area contributed by atoms with Crippen LogP contribution in [0.5, 0.6) is 0 Å². The molecule has 0 heterocycles. The van der Waals surface area contributed by atoms with Gasteiger partial charge in [0, 0.05) is 20.1 Å². The van der Waals surface area contributed by atoms with E-state index in [1.165, 1.54) is 17.7 Å². The van der Waals surface area contributed by atoms with Crippen molar-refractivity contribution < 1.29 is 9.59 Å². The van der Waals surface area contributed by atoms with E-state index in [-0.39, 0.29) is 35.1 Å². The van der Waals surface area contributed by atoms with Crippen LogP contribution in [0.25, 0.3) is 0 Å². The predicted molar refractivity (Wildman–Crippen MR) is 74.5 cm³/mol. The molecule has 4 nitrogen and oxygen atoms in total. The molecular formula is C15H26N2O2. The molecule has 2 aliphatic rings. The number of hydrogen-bond acceptors (Lipinski definition) is 2. The zero-order valence-electron chi connectivity index (χ0n) is 12.7. The molecule has 0 spiro atoms. The zero-order chi connectivity index (χ0) is 14.4. The third kappa shape index (κ3) is 2.15. The molecule has 2 fully saturated rings. The fourth-order valence-electron chi connectivity index (χ4n) is 3.96. The average Bonchev–Trinajstić information content (AvgIpc) is 2.61. The van der Waals surface area contributed by atoms with Crippen molar-refractivity contribution in [1.82, 2.24) is 10.2 Å². The maximum absolute atomic E-state index is 12.0. The van der Waals surface area contributed by atoms with Crippen molar-refractivity contribution in [2.24, 2.45) is 16.7 Å². The molecule has 4 heteroatoms. The SMILES string of the molecule is CN(C)C(=O)CC(=O)N[C@H]1C[C@H]2CC[C@@]1(C)C2(C)C. The first-order valence-corrected chi connectivity index (χ1v) is 7.18. The normalized spacial score (nSPS) is 35.2. The molecule has 0 aliphatic heterocycles. The molecule has 2 bridgehead atoms. The number of hydrogen-bond donors (Lipinski definition) is 1. The Morgan fingerprint density at radius 3 is 2.32 bits per heavy atom. The summed E-state index contributed by atoms with van der Waals surface area (Å²) in [5.74, 6) is 0.436. The highest BCUT2D eigenvalue weighted by Crippen LogP contribution is 2.65. The number of rotatable bonds is 3. The van der Waals surface area contributed by atoms with Crippen LogP contribution < -0.4 is 5.32 Å². The lowest BCUT2D eigenvalue weighted by molar-refractivity contribution is -0.134. The smallest absolute Gasteiger partial charge is 0.231 e. The summed E-state index contributed by atoms with van der Waals surface area (Å²) < 4.78 is 0. The quantitative estimate of drug-likeness (QED) is 0.792. The van der Waals surface area contributed by atoms with Gasteiger partial charge < -0.3 is 10.2 Å². The monoisotopic (exact) mass is 266 g/mol. The summed E-state index contributed by atoms with van der Waals surface area (Å²) in [6, 6.07) is 0.226.